The fourth-order valence-corrected chi connectivity index (χ4v) is 5.61. The van der Waals surface area contributed by atoms with Crippen molar-refractivity contribution in [3.05, 3.63) is 162 Å². The van der Waals surface area contributed by atoms with E-state index in [0.29, 0.717) is 11.1 Å². The molecule has 6 aromatic carbocycles. The van der Waals surface area contributed by atoms with Crippen molar-refractivity contribution >= 4 is 68.1 Å². The van der Waals surface area contributed by atoms with Crippen molar-refractivity contribution in [3.63, 3.8) is 0 Å². The first kappa shape index (κ1) is 31.2. The van der Waals surface area contributed by atoms with Crippen LogP contribution in [0.3, 0.4) is 0 Å². The molecular formula is C35H20Cl2N2O8. The first-order valence-corrected chi connectivity index (χ1v) is 14.7. The largest absolute Gasteiger partial charge is 0.423 e. The average molecular weight is 667 g/mol. The molecule has 0 atom stereocenters. The van der Waals surface area contributed by atoms with Gasteiger partial charge in [0.2, 0.25) is 0 Å². The molecule has 0 aliphatic carbocycles. The van der Waals surface area contributed by atoms with E-state index in [1.807, 2.05) is 48.5 Å². The monoisotopic (exact) mass is 666 g/mol. The van der Waals surface area contributed by atoms with Crippen molar-refractivity contribution in [1.29, 1.82) is 0 Å². The summed E-state index contributed by atoms with van der Waals surface area (Å²) in [6.45, 7) is 0. The Labute approximate surface area is 276 Å². The molecule has 232 valence electrons. The van der Waals surface area contributed by atoms with Crippen molar-refractivity contribution in [2.45, 2.75) is 6.42 Å². The van der Waals surface area contributed by atoms with Crippen LogP contribution in [-0.4, -0.2) is 21.8 Å². The van der Waals surface area contributed by atoms with E-state index in [1.165, 1.54) is 24.3 Å². The number of ether oxygens (including phenoxy) is 2. The zero-order valence-corrected chi connectivity index (χ0v) is 25.5. The van der Waals surface area contributed by atoms with Gasteiger partial charge >= 0.3 is 11.9 Å². The molecule has 0 aromatic heterocycles. The minimum atomic E-state index is -0.838. The number of nitro groups is 2. The van der Waals surface area contributed by atoms with E-state index in [2.05, 4.69) is 0 Å². The highest BCUT2D eigenvalue weighted by Gasteiger charge is 2.23. The molecule has 0 N–H and O–H groups in total. The average Bonchev–Trinajstić information content (AvgIpc) is 3.06. The maximum atomic E-state index is 13.3. The summed E-state index contributed by atoms with van der Waals surface area (Å²) in [7, 11) is 0. The second kappa shape index (κ2) is 12.9. The summed E-state index contributed by atoms with van der Waals surface area (Å²) in [4.78, 5) is 48.1. The molecule has 10 nitrogen and oxygen atoms in total. The van der Waals surface area contributed by atoms with Gasteiger partial charge in [0.1, 0.15) is 21.5 Å². The number of esters is 2. The van der Waals surface area contributed by atoms with Gasteiger partial charge in [-0.25, -0.2) is 9.59 Å². The molecule has 6 rings (SSSR count). The first-order chi connectivity index (χ1) is 22.6. The quantitative estimate of drug-likeness (QED) is 0.0678. The Hall–Kier alpha value is -5.84. The molecule has 0 spiro atoms. The summed E-state index contributed by atoms with van der Waals surface area (Å²) in [5.41, 5.74) is 0.140. The number of nitrogens with zero attached hydrogens (tertiary/aromatic N) is 2. The van der Waals surface area contributed by atoms with Crippen LogP contribution >= 0.6 is 23.2 Å². The van der Waals surface area contributed by atoms with E-state index in [9.17, 15) is 29.8 Å². The van der Waals surface area contributed by atoms with Gasteiger partial charge in [0.25, 0.3) is 11.4 Å². The third-order valence-corrected chi connectivity index (χ3v) is 8.15. The first-order valence-electron chi connectivity index (χ1n) is 13.9. The summed E-state index contributed by atoms with van der Waals surface area (Å²) in [6, 6.07) is 29.0. The van der Waals surface area contributed by atoms with Crippen LogP contribution in [0.1, 0.15) is 31.8 Å². The van der Waals surface area contributed by atoms with Crippen molar-refractivity contribution in [1.82, 2.24) is 0 Å². The Kier molecular flexibility index (Phi) is 8.53. The van der Waals surface area contributed by atoms with Crippen LogP contribution in [0.2, 0.25) is 10.0 Å². The number of carbonyl (C=O) groups is 2. The second-order valence-electron chi connectivity index (χ2n) is 10.3. The molecule has 0 bridgehead atoms. The third kappa shape index (κ3) is 6.32. The smallest absolute Gasteiger partial charge is 0.343 e. The number of hydrogen-bond acceptors (Lipinski definition) is 8. The lowest BCUT2D eigenvalue weighted by Gasteiger charge is -2.17. The highest BCUT2D eigenvalue weighted by atomic mass is 35.5. The summed E-state index contributed by atoms with van der Waals surface area (Å²) >= 11 is 11.9. The highest BCUT2D eigenvalue weighted by Crippen LogP contribution is 2.37. The van der Waals surface area contributed by atoms with Gasteiger partial charge in [0, 0.05) is 29.7 Å². The molecule has 0 heterocycles. The molecule has 0 radical (unpaired) electrons. The molecule has 47 heavy (non-hydrogen) atoms. The van der Waals surface area contributed by atoms with Crippen molar-refractivity contribution in [3.8, 4) is 11.5 Å². The minimum Gasteiger partial charge on any atom is -0.423 e. The minimum absolute atomic E-state index is 0.0722. The normalized spacial score (nSPS) is 10.9. The maximum Gasteiger partial charge on any atom is 0.343 e. The number of rotatable bonds is 8. The van der Waals surface area contributed by atoms with E-state index >= 15 is 0 Å². The summed E-state index contributed by atoms with van der Waals surface area (Å²) < 4.78 is 11.7. The molecular weight excluding hydrogens is 647 g/mol. The standard InChI is InChI=1S/C35H20Cl2N2O8/c36-28-13-9-22(17-30(28)38(42)43)34(40)46-32-15-11-20-5-1-3-7-24(20)26(32)19-27-25-8-4-2-6-21(25)12-16-33(27)47-35(41)23-10-14-29(37)31(18-23)39(44)45/h1-18H,19H2. The van der Waals surface area contributed by atoms with E-state index < -0.39 is 33.2 Å². The molecule has 0 unspecified atom stereocenters. The van der Waals surface area contributed by atoms with Crippen LogP contribution in [0.15, 0.2) is 109 Å². The summed E-state index contributed by atoms with van der Waals surface area (Å²) in [5.74, 6) is -1.31. The van der Waals surface area contributed by atoms with Gasteiger partial charge in [-0.3, -0.25) is 20.2 Å². The fraction of sp³-hybridized carbons (Fsp3) is 0.0286. The SMILES string of the molecule is O=C(Oc1ccc2ccccc2c1Cc1c(OC(=O)c2ccc(Cl)c([N+](=O)[O-])c2)ccc2ccccc12)c1ccc(Cl)c([N+](=O)[O-])c1. The van der Waals surface area contributed by atoms with E-state index in [4.69, 9.17) is 32.7 Å². The number of hydrogen-bond donors (Lipinski definition) is 0. The van der Waals surface area contributed by atoms with Crippen molar-refractivity contribution < 1.29 is 28.9 Å². The number of nitro benzene ring substituents is 2. The molecule has 0 fully saturated rings. The Balaban J connectivity index is 1.44. The van der Waals surface area contributed by atoms with Crippen LogP contribution in [0, 0.1) is 20.2 Å². The number of benzene rings is 6. The topological polar surface area (TPSA) is 139 Å². The maximum absolute atomic E-state index is 13.3. The lowest BCUT2D eigenvalue weighted by atomic mass is 9.93. The van der Waals surface area contributed by atoms with Crippen molar-refractivity contribution in [2.24, 2.45) is 0 Å². The van der Waals surface area contributed by atoms with E-state index in [0.717, 1.165) is 33.7 Å². The molecule has 0 saturated heterocycles. The van der Waals surface area contributed by atoms with E-state index in [1.54, 1.807) is 24.3 Å². The second-order valence-corrected chi connectivity index (χ2v) is 11.1. The Morgan fingerprint density at radius 2 is 0.979 bits per heavy atom. The third-order valence-electron chi connectivity index (χ3n) is 7.51. The lowest BCUT2D eigenvalue weighted by molar-refractivity contribution is -0.384. The predicted molar refractivity (Wildman–Crippen MR) is 177 cm³/mol. The summed E-state index contributed by atoms with van der Waals surface area (Å²) in [6.07, 6.45) is 0.121. The van der Waals surface area contributed by atoms with Gasteiger partial charge in [0.05, 0.1) is 21.0 Å². The van der Waals surface area contributed by atoms with Crippen molar-refractivity contribution in [2.75, 3.05) is 0 Å². The van der Waals surface area contributed by atoms with Crippen LogP contribution in [0.4, 0.5) is 11.4 Å². The highest BCUT2D eigenvalue weighted by molar-refractivity contribution is 6.33. The van der Waals surface area contributed by atoms with Gasteiger partial charge < -0.3 is 9.47 Å². The molecule has 0 amide bonds. The van der Waals surface area contributed by atoms with Gasteiger partial charge in [-0.2, -0.15) is 0 Å². The molecule has 6 aromatic rings. The van der Waals surface area contributed by atoms with E-state index in [-0.39, 0.29) is 39.1 Å². The predicted octanol–water partition coefficient (Wildman–Crippen LogP) is 9.15. The zero-order chi connectivity index (χ0) is 33.2. The molecule has 0 saturated carbocycles. The van der Waals surface area contributed by atoms with Gasteiger partial charge in [-0.15, -0.1) is 0 Å². The summed E-state index contributed by atoms with van der Waals surface area (Å²) in [5, 5.41) is 25.8. The van der Waals surface area contributed by atoms with Gasteiger partial charge in [-0.1, -0.05) is 83.9 Å². The Morgan fingerprint density at radius 3 is 1.38 bits per heavy atom. The zero-order valence-electron chi connectivity index (χ0n) is 24.0. The Morgan fingerprint density at radius 1 is 0.574 bits per heavy atom. The number of fused-ring (bicyclic) bond motifs is 2. The molecule has 0 aliphatic rings. The molecule has 12 heteroatoms. The van der Waals surface area contributed by atoms with Gasteiger partial charge in [-0.05, 0) is 57.9 Å². The van der Waals surface area contributed by atoms with Crippen LogP contribution < -0.4 is 9.47 Å². The van der Waals surface area contributed by atoms with Crippen LogP contribution in [0.5, 0.6) is 11.5 Å². The number of carbonyl (C=O) groups excluding carboxylic acids is 2. The Bertz CT molecular complexity index is 2110. The lowest BCUT2D eigenvalue weighted by Crippen LogP contribution is -2.12. The van der Waals surface area contributed by atoms with Gasteiger partial charge in [0.15, 0.2) is 0 Å². The van der Waals surface area contributed by atoms with Crippen LogP contribution in [0.25, 0.3) is 21.5 Å². The fourth-order valence-electron chi connectivity index (χ4n) is 5.24. The molecule has 0 aliphatic heterocycles. The number of halogens is 2. The van der Waals surface area contributed by atoms with Crippen LogP contribution in [-0.2, 0) is 6.42 Å².